The van der Waals surface area contributed by atoms with Gasteiger partial charge in [-0.3, -0.25) is 4.79 Å². The van der Waals surface area contributed by atoms with Crippen LogP contribution in [0.25, 0.3) is 10.9 Å². The van der Waals surface area contributed by atoms with Crippen LogP contribution in [-0.4, -0.2) is 43.6 Å². The van der Waals surface area contributed by atoms with E-state index in [1.807, 2.05) is 34.7 Å². The van der Waals surface area contributed by atoms with Crippen LogP contribution < -0.4 is 0 Å². The van der Waals surface area contributed by atoms with E-state index in [4.69, 9.17) is 0 Å². The second-order valence-corrected chi connectivity index (χ2v) is 7.96. The van der Waals surface area contributed by atoms with E-state index in [2.05, 4.69) is 43.8 Å². The van der Waals surface area contributed by atoms with Crippen molar-refractivity contribution < 1.29 is 4.79 Å². The molecule has 0 atom stereocenters. The van der Waals surface area contributed by atoms with Crippen LogP contribution in [0.1, 0.15) is 29.2 Å². The van der Waals surface area contributed by atoms with Crippen molar-refractivity contribution in [3.63, 3.8) is 0 Å². The fourth-order valence-corrected chi connectivity index (χ4v) is 3.99. The summed E-state index contributed by atoms with van der Waals surface area (Å²) in [6.07, 6.45) is 4.70. The third-order valence-electron chi connectivity index (χ3n) is 4.99. The molecule has 1 saturated heterocycles. The molecule has 0 aliphatic carbocycles. The van der Waals surface area contributed by atoms with Gasteiger partial charge in [-0.05, 0) is 65.6 Å². The van der Waals surface area contributed by atoms with Crippen molar-refractivity contribution in [2.24, 2.45) is 13.0 Å². The molecule has 0 saturated carbocycles. The zero-order chi connectivity index (χ0) is 17.4. The summed E-state index contributed by atoms with van der Waals surface area (Å²) in [5, 5.41) is 9.20. The SMILES string of the molecule is Cn1cnnc1CC1CCN(C(=O)c2cc3cc(I)ccc3[nH]2)CC1. The molecule has 2 aromatic heterocycles. The summed E-state index contributed by atoms with van der Waals surface area (Å²) in [5.41, 5.74) is 1.70. The molecule has 0 radical (unpaired) electrons. The largest absolute Gasteiger partial charge is 0.351 e. The normalized spacial score (nSPS) is 15.8. The number of piperidine rings is 1. The van der Waals surface area contributed by atoms with E-state index >= 15 is 0 Å². The van der Waals surface area contributed by atoms with Crippen LogP contribution in [0.3, 0.4) is 0 Å². The van der Waals surface area contributed by atoms with Crippen LogP contribution in [0, 0.1) is 9.49 Å². The third kappa shape index (κ3) is 3.42. The molecule has 1 aliphatic heterocycles. The number of aryl methyl sites for hydroxylation is 1. The number of benzene rings is 1. The Morgan fingerprint density at radius 2 is 2.12 bits per heavy atom. The van der Waals surface area contributed by atoms with Crippen molar-refractivity contribution in [1.82, 2.24) is 24.6 Å². The van der Waals surface area contributed by atoms with E-state index in [9.17, 15) is 4.79 Å². The summed E-state index contributed by atoms with van der Waals surface area (Å²) in [7, 11) is 1.98. The molecule has 3 aromatic rings. The van der Waals surface area contributed by atoms with Crippen LogP contribution in [0.2, 0.25) is 0 Å². The Hall–Kier alpha value is -1.90. The van der Waals surface area contributed by atoms with Crippen LogP contribution in [0.5, 0.6) is 0 Å². The summed E-state index contributed by atoms with van der Waals surface area (Å²) in [6.45, 7) is 1.60. The Morgan fingerprint density at radius 1 is 1.32 bits per heavy atom. The Morgan fingerprint density at radius 3 is 2.84 bits per heavy atom. The van der Waals surface area contributed by atoms with Crippen molar-refractivity contribution in [1.29, 1.82) is 0 Å². The minimum Gasteiger partial charge on any atom is -0.351 e. The van der Waals surface area contributed by atoms with E-state index in [0.717, 1.165) is 49.1 Å². The molecular weight excluding hydrogens is 429 g/mol. The predicted octanol–water partition coefficient (Wildman–Crippen LogP) is 3.00. The first-order valence-electron chi connectivity index (χ1n) is 8.50. The highest BCUT2D eigenvalue weighted by Crippen LogP contribution is 2.24. The number of nitrogens with one attached hydrogen (secondary N) is 1. The monoisotopic (exact) mass is 449 g/mol. The van der Waals surface area contributed by atoms with Crippen molar-refractivity contribution in [3.8, 4) is 0 Å². The molecule has 0 unspecified atom stereocenters. The maximum atomic E-state index is 12.8. The Kier molecular flexibility index (Phi) is 4.49. The topological polar surface area (TPSA) is 66.8 Å². The number of hydrogen-bond acceptors (Lipinski definition) is 3. The number of halogens is 1. The number of H-pyrrole nitrogens is 1. The molecule has 3 heterocycles. The maximum absolute atomic E-state index is 12.8. The van der Waals surface area contributed by atoms with Crippen molar-refractivity contribution in [2.75, 3.05) is 13.1 Å². The van der Waals surface area contributed by atoms with Crippen LogP contribution in [0.15, 0.2) is 30.6 Å². The highest BCUT2D eigenvalue weighted by molar-refractivity contribution is 14.1. The minimum atomic E-state index is 0.100. The predicted molar refractivity (Wildman–Crippen MR) is 104 cm³/mol. The molecule has 1 N–H and O–H groups in total. The highest BCUT2D eigenvalue weighted by atomic mass is 127. The van der Waals surface area contributed by atoms with Gasteiger partial charge in [0.2, 0.25) is 0 Å². The molecule has 0 bridgehead atoms. The molecule has 25 heavy (non-hydrogen) atoms. The van der Waals surface area contributed by atoms with Gasteiger partial charge in [0.25, 0.3) is 5.91 Å². The number of carbonyl (C=O) groups is 1. The smallest absolute Gasteiger partial charge is 0.270 e. The summed E-state index contributed by atoms with van der Waals surface area (Å²) in [4.78, 5) is 18.0. The number of hydrogen-bond donors (Lipinski definition) is 1. The highest BCUT2D eigenvalue weighted by Gasteiger charge is 2.25. The number of carbonyl (C=O) groups excluding carboxylic acids is 1. The van der Waals surface area contributed by atoms with E-state index in [1.54, 1.807) is 6.33 Å². The summed E-state index contributed by atoms with van der Waals surface area (Å²) in [6, 6.07) is 8.13. The molecule has 6 nitrogen and oxygen atoms in total. The first kappa shape index (κ1) is 16.6. The molecule has 130 valence electrons. The van der Waals surface area contributed by atoms with Gasteiger partial charge in [0.05, 0.1) is 0 Å². The van der Waals surface area contributed by atoms with Gasteiger partial charge in [-0.2, -0.15) is 0 Å². The van der Waals surface area contributed by atoms with Gasteiger partial charge >= 0.3 is 0 Å². The Bertz CT molecular complexity index is 907. The average Bonchev–Trinajstić information content (AvgIpc) is 3.21. The van der Waals surface area contributed by atoms with Gasteiger partial charge in [0, 0.05) is 41.0 Å². The van der Waals surface area contributed by atoms with E-state index < -0.39 is 0 Å². The Balaban J connectivity index is 1.41. The second-order valence-electron chi connectivity index (χ2n) is 6.71. The number of fused-ring (bicyclic) bond motifs is 1. The molecule has 0 spiro atoms. The molecule has 1 aliphatic rings. The first-order chi connectivity index (χ1) is 12.1. The average molecular weight is 449 g/mol. The molecular formula is C18H20IN5O. The first-order valence-corrected chi connectivity index (χ1v) is 9.58. The van der Waals surface area contributed by atoms with Gasteiger partial charge in [0.15, 0.2) is 0 Å². The lowest BCUT2D eigenvalue weighted by Gasteiger charge is -2.31. The van der Waals surface area contributed by atoms with Gasteiger partial charge in [0.1, 0.15) is 17.8 Å². The number of rotatable bonds is 3. The maximum Gasteiger partial charge on any atom is 0.270 e. The van der Waals surface area contributed by atoms with E-state index in [-0.39, 0.29) is 5.91 Å². The molecule has 1 fully saturated rings. The van der Waals surface area contributed by atoms with Crippen LogP contribution in [0.4, 0.5) is 0 Å². The standard InChI is InChI=1S/C18H20IN5O/c1-23-11-20-22-17(23)8-12-4-6-24(7-5-12)18(25)16-10-13-9-14(19)2-3-15(13)21-16/h2-3,9-12,21H,4-8H2,1H3. The lowest BCUT2D eigenvalue weighted by atomic mass is 9.93. The summed E-state index contributed by atoms with van der Waals surface area (Å²) < 4.78 is 3.15. The number of amides is 1. The quantitative estimate of drug-likeness (QED) is 0.626. The zero-order valence-electron chi connectivity index (χ0n) is 14.1. The summed E-state index contributed by atoms with van der Waals surface area (Å²) >= 11 is 2.29. The van der Waals surface area contributed by atoms with E-state index in [0.29, 0.717) is 11.6 Å². The molecule has 7 heteroatoms. The fourth-order valence-electron chi connectivity index (χ4n) is 3.48. The number of aromatic amines is 1. The molecule has 4 rings (SSSR count). The fraction of sp³-hybridized carbons (Fsp3) is 0.389. The van der Waals surface area contributed by atoms with Crippen molar-refractivity contribution in [3.05, 3.63) is 45.7 Å². The van der Waals surface area contributed by atoms with Crippen molar-refractivity contribution >= 4 is 39.4 Å². The van der Waals surface area contributed by atoms with Gasteiger partial charge in [-0.15, -0.1) is 10.2 Å². The molecule has 1 aromatic carbocycles. The third-order valence-corrected chi connectivity index (χ3v) is 5.66. The van der Waals surface area contributed by atoms with E-state index in [1.165, 1.54) is 3.57 Å². The summed E-state index contributed by atoms with van der Waals surface area (Å²) in [5.74, 6) is 1.69. The van der Waals surface area contributed by atoms with Gasteiger partial charge in [-0.1, -0.05) is 0 Å². The lowest BCUT2D eigenvalue weighted by Crippen LogP contribution is -2.39. The number of nitrogens with zero attached hydrogens (tertiary/aromatic N) is 4. The van der Waals surface area contributed by atoms with Crippen LogP contribution >= 0.6 is 22.6 Å². The van der Waals surface area contributed by atoms with Crippen LogP contribution in [-0.2, 0) is 13.5 Å². The zero-order valence-corrected chi connectivity index (χ0v) is 16.2. The molecule has 1 amide bonds. The van der Waals surface area contributed by atoms with Crippen molar-refractivity contribution in [2.45, 2.75) is 19.3 Å². The van der Waals surface area contributed by atoms with Gasteiger partial charge < -0.3 is 14.5 Å². The number of aromatic nitrogens is 4. The van der Waals surface area contributed by atoms with Gasteiger partial charge in [-0.25, -0.2) is 0 Å². The number of likely N-dealkylation sites (tertiary alicyclic amines) is 1. The lowest BCUT2D eigenvalue weighted by molar-refractivity contribution is 0.0684. The second kappa shape index (κ2) is 6.78. The minimum absolute atomic E-state index is 0.100. The Labute approximate surface area is 159 Å².